The molecule has 4 aliphatic rings. The molecule has 7 nitrogen and oxygen atoms in total. The van der Waals surface area contributed by atoms with Gasteiger partial charge in [0.1, 0.15) is 5.75 Å². The highest BCUT2D eigenvalue weighted by atomic mass is 35.5. The first-order valence-electron chi connectivity index (χ1n) is 12.0. The molecule has 0 bridgehead atoms. The minimum Gasteiger partial charge on any atom is -0.454 e. The molecule has 0 N–H and O–H groups in total. The smallest absolute Gasteiger partial charge is 0.319 e. The van der Waals surface area contributed by atoms with E-state index in [1.807, 2.05) is 43.3 Å². The zero-order chi connectivity index (χ0) is 25.4. The zero-order valence-corrected chi connectivity index (χ0v) is 20.4. The molecule has 3 heterocycles. The Hall–Kier alpha value is -4.10. The molecule has 3 aromatic rings. The number of hydrogen-bond acceptors (Lipinski definition) is 6. The Labute approximate surface area is 217 Å². The molecule has 0 aromatic heterocycles. The average Bonchev–Trinajstić information content (AvgIpc) is 3.45. The van der Waals surface area contributed by atoms with Crippen LogP contribution in [0.3, 0.4) is 0 Å². The van der Waals surface area contributed by atoms with Crippen LogP contribution < -0.4 is 19.1 Å². The molecule has 8 heteroatoms. The van der Waals surface area contributed by atoms with Gasteiger partial charge in [-0.2, -0.15) is 0 Å². The third kappa shape index (κ3) is 3.23. The number of halogens is 1. The zero-order valence-electron chi connectivity index (χ0n) is 19.6. The van der Waals surface area contributed by atoms with Crippen molar-refractivity contribution >= 4 is 40.6 Å². The van der Waals surface area contributed by atoms with Crippen molar-refractivity contribution < 1.29 is 28.6 Å². The van der Waals surface area contributed by atoms with Gasteiger partial charge in [-0.15, -0.1) is 0 Å². The number of rotatable bonds is 2. The summed E-state index contributed by atoms with van der Waals surface area (Å²) >= 11 is 6.19. The van der Waals surface area contributed by atoms with Crippen LogP contribution in [0.1, 0.15) is 22.6 Å². The van der Waals surface area contributed by atoms with Crippen LogP contribution in [0.15, 0.2) is 66.7 Å². The lowest BCUT2D eigenvalue weighted by atomic mass is 9.64. The highest BCUT2D eigenvalue weighted by molar-refractivity contribution is 6.31. The van der Waals surface area contributed by atoms with Gasteiger partial charge in [0.05, 0.1) is 23.4 Å². The number of hydrogen-bond donors (Lipinski definition) is 0. The number of benzene rings is 3. The van der Waals surface area contributed by atoms with E-state index in [1.165, 1.54) is 0 Å². The Morgan fingerprint density at radius 2 is 1.68 bits per heavy atom. The number of carbonyl (C=O) groups is 3. The maximum absolute atomic E-state index is 14.0. The van der Waals surface area contributed by atoms with Crippen LogP contribution in [0.4, 0.5) is 5.69 Å². The predicted molar refractivity (Wildman–Crippen MR) is 135 cm³/mol. The van der Waals surface area contributed by atoms with Gasteiger partial charge < -0.3 is 14.2 Å². The van der Waals surface area contributed by atoms with E-state index in [9.17, 15) is 14.4 Å². The average molecular weight is 514 g/mol. The van der Waals surface area contributed by atoms with E-state index in [0.29, 0.717) is 33.5 Å². The van der Waals surface area contributed by atoms with Crippen molar-refractivity contribution in [3.05, 3.63) is 88.5 Å². The fraction of sp³-hybridized carbons (Fsp3) is 0.207. The molecular weight excluding hydrogens is 494 g/mol. The molecule has 2 amide bonds. The van der Waals surface area contributed by atoms with E-state index in [2.05, 4.69) is 0 Å². The second-order valence-electron chi connectivity index (χ2n) is 9.70. The van der Waals surface area contributed by atoms with Crippen molar-refractivity contribution in [2.24, 2.45) is 17.8 Å². The Morgan fingerprint density at radius 3 is 2.51 bits per heavy atom. The summed E-state index contributed by atoms with van der Waals surface area (Å²) in [4.78, 5) is 42.5. The molecule has 0 radical (unpaired) electrons. The summed E-state index contributed by atoms with van der Waals surface area (Å²) < 4.78 is 16.8. The van der Waals surface area contributed by atoms with Crippen LogP contribution >= 0.6 is 11.6 Å². The van der Waals surface area contributed by atoms with Gasteiger partial charge in [0, 0.05) is 16.5 Å². The van der Waals surface area contributed by atoms with E-state index < -0.39 is 35.5 Å². The first kappa shape index (κ1) is 22.1. The third-order valence-electron chi connectivity index (χ3n) is 7.60. The first-order chi connectivity index (χ1) is 17.9. The second-order valence-corrected chi connectivity index (χ2v) is 10.1. The molecular formula is C29H20ClNO6. The standard InChI is InChI=1S/C29H20ClNO6/c1-14-5-7-18-20-12-19(15-6-8-21-23(10-15)36-13-35-21)24-26(25(20)29(34)37-22(18)9-14)28(33)31(27(24)32)17-4-2-3-16(30)11-17/h2-12,19,24-26H,13H2,1H3/t19-,24+,25-,26-/m1/s1. The number of ether oxygens (including phenoxy) is 3. The summed E-state index contributed by atoms with van der Waals surface area (Å²) in [6.07, 6.45) is 1.95. The quantitative estimate of drug-likeness (QED) is 0.275. The molecule has 3 aromatic carbocycles. The summed E-state index contributed by atoms with van der Waals surface area (Å²) in [5.74, 6) is -2.79. The Morgan fingerprint density at radius 1 is 0.865 bits per heavy atom. The topological polar surface area (TPSA) is 82.1 Å². The minimum atomic E-state index is -0.927. The molecule has 0 unspecified atom stereocenters. The van der Waals surface area contributed by atoms with Crippen LogP contribution in [0.2, 0.25) is 5.02 Å². The monoisotopic (exact) mass is 513 g/mol. The van der Waals surface area contributed by atoms with Gasteiger partial charge in [0.15, 0.2) is 11.5 Å². The fourth-order valence-electron chi connectivity index (χ4n) is 5.98. The molecule has 184 valence electrons. The molecule has 0 spiro atoms. The number of amides is 2. The second kappa shape index (κ2) is 7.95. The van der Waals surface area contributed by atoms with Gasteiger partial charge in [0.25, 0.3) is 0 Å². The highest BCUT2D eigenvalue weighted by Gasteiger charge is 2.60. The van der Waals surface area contributed by atoms with Crippen molar-refractivity contribution in [1.29, 1.82) is 0 Å². The van der Waals surface area contributed by atoms with Crippen molar-refractivity contribution in [1.82, 2.24) is 0 Å². The Bertz CT molecular complexity index is 1560. The Kier molecular flexibility index (Phi) is 4.75. The predicted octanol–water partition coefficient (Wildman–Crippen LogP) is 4.90. The number of nitrogens with zero attached hydrogens (tertiary/aromatic N) is 1. The van der Waals surface area contributed by atoms with Crippen LogP contribution in [0.25, 0.3) is 5.57 Å². The fourth-order valence-corrected chi connectivity index (χ4v) is 6.17. The van der Waals surface area contributed by atoms with Crippen molar-refractivity contribution in [2.45, 2.75) is 12.8 Å². The Balaban J connectivity index is 1.43. The van der Waals surface area contributed by atoms with Gasteiger partial charge in [-0.05, 0) is 60.0 Å². The van der Waals surface area contributed by atoms with Gasteiger partial charge in [0.2, 0.25) is 18.6 Å². The lowest BCUT2D eigenvalue weighted by Gasteiger charge is -2.38. The molecule has 7 rings (SSSR count). The normalized spacial score (nSPS) is 25.3. The number of fused-ring (bicyclic) bond motifs is 6. The highest BCUT2D eigenvalue weighted by Crippen LogP contribution is 2.55. The summed E-state index contributed by atoms with van der Waals surface area (Å²) in [5, 5.41) is 0.403. The SMILES string of the molecule is Cc1ccc2c(c1)OC(=O)[C@@H]1C2=C[C@H](c2ccc3c(c2)OCO3)[C@@H]2C(=O)N(c3cccc(Cl)c3)C(=O)[C@@H]12. The molecule has 1 saturated heterocycles. The number of carbonyl (C=O) groups excluding carboxylic acids is 3. The molecule has 37 heavy (non-hydrogen) atoms. The number of esters is 1. The van der Waals surface area contributed by atoms with Gasteiger partial charge in [-0.25, -0.2) is 4.90 Å². The molecule has 0 saturated carbocycles. The largest absolute Gasteiger partial charge is 0.454 e. The van der Waals surface area contributed by atoms with E-state index in [-0.39, 0.29) is 12.7 Å². The van der Waals surface area contributed by atoms with Crippen molar-refractivity contribution in [2.75, 3.05) is 11.7 Å². The van der Waals surface area contributed by atoms with Gasteiger partial charge in [-0.1, -0.05) is 41.9 Å². The van der Waals surface area contributed by atoms with Crippen molar-refractivity contribution in [3.8, 4) is 17.2 Å². The van der Waals surface area contributed by atoms with Crippen LogP contribution in [0, 0.1) is 24.7 Å². The van der Waals surface area contributed by atoms with E-state index in [4.69, 9.17) is 25.8 Å². The lowest BCUT2D eigenvalue weighted by Crippen LogP contribution is -2.42. The lowest BCUT2D eigenvalue weighted by molar-refractivity contribution is -0.142. The van der Waals surface area contributed by atoms with Gasteiger partial charge >= 0.3 is 5.97 Å². The van der Waals surface area contributed by atoms with Crippen LogP contribution in [-0.4, -0.2) is 24.6 Å². The van der Waals surface area contributed by atoms with E-state index in [0.717, 1.165) is 21.6 Å². The summed E-state index contributed by atoms with van der Waals surface area (Å²) in [6.45, 7) is 2.04. The molecule has 1 aliphatic carbocycles. The number of allylic oxidation sites excluding steroid dienone is 1. The number of imide groups is 1. The molecule has 1 fully saturated rings. The number of aryl methyl sites for hydroxylation is 1. The first-order valence-corrected chi connectivity index (χ1v) is 12.4. The molecule has 4 atom stereocenters. The summed E-state index contributed by atoms with van der Waals surface area (Å²) in [6, 6.07) is 17.8. The van der Waals surface area contributed by atoms with E-state index in [1.54, 1.807) is 30.3 Å². The molecule has 3 aliphatic heterocycles. The van der Waals surface area contributed by atoms with E-state index >= 15 is 0 Å². The van der Waals surface area contributed by atoms with Crippen LogP contribution in [-0.2, 0) is 14.4 Å². The maximum atomic E-state index is 14.0. The summed E-state index contributed by atoms with van der Waals surface area (Å²) in [7, 11) is 0. The minimum absolute atomic E-state index is 0.122. The third-order valence-corrected chi connectivity index (χ3v) is 7.83. The van der Waals surface area contributed by atoms with Crippen molar-refractivity contribution in [3.63, 3.8) is 0 Å². The van der Waals surface area contributed by atoms with Gasteiger partial charge in [-0.3, -0.25) is 14.4 Å². The number of anilines is 1. The maximum Gasteiger partial charge on any atom is 0.319 e. The van der Waals surface area contributed by atoms with Crippen LogP contribution in [0.5, 0.6) is 17.2 Å². The summed E-state index contributed by atoms with van der Waals surface area (Å²) in [5.41, 5.74) is 3.57.